The fourth-order valence-electron chi connectivity index (χ4n) is 4.07. The first-order chi connectivity index (χ1) is 12.5. The Morgan fingerprint density at radius 1 is 1.00 bits per heavy atom. The molecule has 1 aliphatic heterocycles. The van der Waals surface area contributed by atoms with E-state index in [-0.39, 0.29) is 29.3 Å². The zero-order valence-electron chi connectivity index (χ0n) is 14.6. The quantitative estimate of drug-likeness (QED) is 0.742. The number of ether oxygens (including phenoxy) is 1. The molecular weight excluding hydrogens is 328 g/mol. The van der Waals surface area contributed by atoms with Crippen LogP contribution in [0.4, 0.5) is 0 Å². The molecule has 0 saturated heterocycles. The van der Waals surface area contributed by atoms with Gasteiger partial charge in [0.25, 0.3) is 0 Å². The zero-order chi connectivity index (χ0) is 18.3. The van der Waals surface area contributed by atoms with Gasteiger partial charge in [-0.05, 0) is 55.2 Å². The van der Waals surface area contributed by atoms with Gasteiger partial charge in [0, 0.05) is 23.0 Å². The molecule has 0 amide bonds. The fraction of sp³-hybridized carbons (Fsp3) is 0.273. The van der Waals surface area contributed by atoms with Crippen molar-refractivity contribution in [2.75, 3.05) is 6.61 Å². The van der Waals surface area contributed by atoms with E-state index in [4.69, 9.17) is 4.74 Å². The summed E-state index contributed by atoms with van der Waals surface area (Å²) in [6.45, 7) is 2.40. The van der Waals surface area contributed by atoms with Gasteiger partial charge >= 0.3 is 0 Å². The van der Waals surface area contributed by atoms with E-state index in [2.05, 4.69) is 6.08 Å². The van der Waals surface area contributed by atoms with Gasteiger partial charge < -0.3 is 20.1 Å². The van der Waals surface area contributed by atoms with E-state index in [0.717, 1.165) is 28.9 Å². The molecule has 0 radical (unpaired) electrons. The van der Waals surface area contributed by atoms with Crippen molar-refractivity contribution in [1.82, 2.24) is 0 Å². The summed E-state index contributed by atoms with van der Waals surface area (Å²) < 4.78 is 6.08. The summed E-state index contributed by atoms with van der Waals surface area (Å²) in [6, 6.07) is 11.0. The average molecular weight is 350 g/mol. The number of hydrogen-bond acceptors (Lipinski definition) is 4. The number of aliphatic hydroxyl groups is 1. The minimum absolute atomic E-state index is 0.0851. The van der Waals surface area contributed by atoms with Crippen LogP contribution in [0.25, 0.3) is 0 Å². The van der Waals surface area contributed by atoms with Crippen LogP contribution in [0.5, 0.6) is 17.2 Å². The fourth-order valence-corrected chi connectivity index (χ4v) is 4.07. The summed E-state index contributed by atoms with van der Waals surface area (Å²) in [6.07, 6.45) is 6.40. The molecular formula is C22H22O4. The number of hydrogen-bond donors (Lipinski definition) is 3. The molecule has 2 aromatic carbocycles. The molecule has 26 heavy (non-hydrogen) atoms. The van der Waals surface area contributed by atoms with Gasteiger partial charge in [-0.15, -0.1) is 0 Å². The second-order valence-corrected chi connectivity index (χ2v) is 7.06. The summed E-state index contributed by atoms with van der Waals surface area (Å²) in [7, 11) is 0. The second-order valence-electron chi connectivity index (χ2n) is 7.06. The number of phenols is 2. The van der Waals surface area contributed by atoms with Gasteiger partial charge in [-0.25, -0.2) is 0 Å². The van der Waals surface area contributed by atoms with Crippen LogP contribution in [0.2, 0.25) is 0 Å². The van der Waals surface area contributed by atoms with Crippen LogP contribution in [-0.4, -0.2) is 21.9 Å². The van der Waals surface area contributed by atoms with E-state index in [1.807, 2.05) is 31.2 Å². The van der Waals surface area contributed by atoms with Crippen molar-refractivity contribution >= 4 is 0 Å². The molecule has 4 nitrogen and oxygen atoms in total. The molecule has 2 aliphatic rings. The molecule has 3 atom stereocenters. The molecule has 0 aromatic heterocycles. The monoisotopic (exact) mass is 350 g/mol. The average Bonchev–Trinajstić information content (AvgIpc) is 2.65. The van der Waals surface area contributed by atoms with Crippen molar-refractivity contribution in [3.63, 3.8) is 0 Å². The van der Waals surface area contributed by atoms with Gasteiger partial charge in [-0.1, -0.05) is 24.3 Å². The number of fused-ring (bicyclic) bond motifs is 1. The molecule has 0 saturated carbocycles. The lowest BCUT2D eigenvalue weighted by atomic mass is 9.71. The van der Waals surface area contributed by atoms with E-state index in [0.29, 0.717) is 12.4 Å². The van der Waals surface area contributed by atoms with Crippen LogP contribution in [-0.2, 0) is 0 Å². The van der Waals surface area contributed by atoms with Crippen LogP contribution < -0.4 is 4.74 Å². The molecule has 4 heteroatoms. The number of aliphatic hydroxyl groups excluding tert-OH is 1. The van der Waals surface area contributed by atoms with Crippen LogP contribution in [0.1, 0.15) is 29.0 Å². The van der Waals surface area contributed by atoms with Gasteiger partial charge in [0.05, 0.1) is 6.61 Å². The minimum atomic E-state index is 0.0851. The molecule has 1 heterocycles. The summed E-state index contributed by atoms with van der Waals surface area (Å²) in [5.74, 6) is 2.05. The Morgan fingerprint density at radius 2 is 1.77 bits per heavy atom. The van der Waals surface area contributed by atoms with Crippen molar-refractivity contribution in [1.29, 1.82) is 0 Å². The van der Waals surface area contributed by atoms with E-state index >= 15 is 0 Å². The number of rotatable bonds is 2. The highest BCUT2D eigenvalue weighted by Crippen LogP contribution is 2.48. The third-order valence-corrected chi connectivity index (χ3v) is 5.51. The maximum Gasteiger partial charge on any atom is 0.129 e. The Bertz CT molecular complexity index is 880. The zero-order valence-corrected chi connectivity index (χ0v) is 14.6. The Kier molecular flexibility index (Phi) is 4.11. The molecule has 0 spiro atoms. The molecule has 0 bridgehead atoms. The van der Waals surface area contributed by atoms with Crippen LogP contribution in [0, 0.1) is 18.8 Å². The molecule has 4 rings (SSSR count). The van der Waals surface area contributed by atoms with Gasteiger partial charge in [0.1, 0.15) is 23.0 Å². The van der Waals surface area contributed by atoms with E-state index in [9.17, 15) is 15.3 Å². The lowest BCUT2D eigenvalue weighted by Crippen LogP contribution is -2.32. The predicted octanol–water partition coefficient (Wildman–Crippen LogP) is 4.56. The Labute approximate surface area is 152 Å². The Balaban J connectivity index is 1.80. The largest absolute Gasteiger partial charge is 0.508 e. The first-order valence-corrected chi connectivity index (χ1v) is 8.86. The topological polar surface area (TPSA) is 69.9 Å². The van der Waals surface area contributed by atoms with Gasteiger partial charge in [0.15, 0.2) is 0 Å². The number of benzene rings is 2. The highest BCUT2D eigenvalue weighted by Gasteiger charge is 2.37. The second kappa shape index (κ2) is 6.45. The third-order valence-electron chi connectivity index (χ3n) is 5.51. The summed E-state index contributed by atoms with van der Waals surface area (Å²) in [4.78, 5) is 0. The van der Waals surface area contributed by atoms with Crippen LogP contribution in [0.15, 0.2) is 60.4 Å². The first-order valence-electron chi connectivity index (χ1n) is 8.86. The number of phenolic OH excluding ortho intramolecular Hbond substituents is 2. The van der Waals surface area contributed by atoms with E-state index in [1.54, 1.807) is 24.3 Å². The molecule has 3 N–H and O–H groups in total. The van der Waals surface area contributed by atoms with Crippen molar-refractivity contribution in [3.05, 3.63) is 77.1 Å². The summed E-state index contributed by atoms with van der Waals surface area (Å²) in [5, 5.41) is 29.4. The smallest absolute Gasteiger partial charge is 0.129 e. The minimum Gasteiger partial charge on any atom is -0.508 e. The Morgan fingerprint density at radius 3 is 2.46 bits per heavy atom. The predicted molar refractivity (Wildman–Crippen MR) is 99.7 cm³/mol. The molecule has 2 aromatic rings. The summed E-state index contributed by atoms with van der Waals surface area (Å²) >= 11 is 0. The number of allylic oxidation sites excluding steroid dienone is 3. The SMILES string of the molecule is Cc1c(O)ccc2c1OC[C@H](C1C=CC(O)=CC1)[C@@H]2c1ccc(O)cc1. The molecule has 134 valence electrons. The van der Waals surface area contributed by atoms with Crippen LogP contribution >= 0.6 is 0 Å². The normalized spacial score (nSPS) is 24.5. The van der Waals surface area contributed by atoms with Gasteiger partial charge in [-0.3, -0.25) is 0 Å². The highest BCUT2D eigenvalue weighted by molar-refractivity contribution is 5.54. The van der Waals surface area contributed by atoms with E-state index in [1.165, 1.54) is 0 Å². The maximum absolute atomic E-state index is 10.1. The molecule has 1 aliphatic carbocycles. The highest BCUT2D eigenvalue weighted by atomic mass is 16.5. The van der Waals surface area contributed by atoms with Crippen molar-refractivity contribution in [2.45, 2.75) is 19.3 Å². The lowest BCUT2D eigenvalue weighted by Gasteiger charge is -2.38. The van der Waals surface area contributed by atoms with Crippen molar-refractivity contribution < 1.29 is 20.1 Å². The van der Waals surface area contributed by atoms with Crippen molar-refractivity contribution in [3.8, 4) is 17.2 Å². The van der Waals surface area contributed by atoms with E-state index < -0.39 is 0 Å². The third kappa shape index (κ3) is 2.81. The molecule has 0 fully saturated rings. The van der Waals surface area contributed by atoms with Crippen molar-refractivity contribution in [2.24, 2.45) is 11.8 Å². The molecule has 1 unspecified atom stereocenters. The Hall–Kier alpha value is -2.88. The lowest BCUT2D eigenvalue weighted by molar-refractivity contribution is 0.168. The maximum atomic E-state index is 10.1. The standard InChI is InChI=1S/C22H22O4/c1-13-20(25)11-10-18-21(15-4-8-17(24)9-5-15)19(12-26-22(13)18)14-2-6-16(23)7-3-14/h2,4-11,14,19,21,23-25H,3,12H2,1H3/t14?,19-,21-/m1/s1. The van der Waals surface area contributed by atoms with Gasteiger partial charge in [-0.2, -0.15) is 0 Å². The number of aromatic hydroxyl groups is 2. The summed E-state index contributed by atoms with van der Waals surface area (Å²) in [5.41, 5.74) is 2.91. The first kappa shape index (κ1) is 16.6. The van der Waals surface area contributed by atoms with Crippen LogP contribution in [0.3, 0.4) is 0 Å². The van der Waals surface area contributed by atoms with Gasteiger partial charge in [0.2, 0.25) is 0 Å².